The summed E-state index contributed by atoms with van der Waals surface area (Å²) < 4.78 is 21.0. The number of morpholine rings is 1. The molecule has 1 amide bonds. The average Bonchev–Trinajstić information content (AvgIpc) is 3.22. The van der Waals surface area contributed by atoms with E-state index in [0.717, 1.165) is 70.0 Å². The van der Waals surface area contributed by atoms with Gasteiger partial charge in [-0.3, -0.25) is 9.69 Å². The van der Waals surface area contributed by atoms with Crippen molar-refractivity contribution in [2.45, 2.75) is 38.8 Å². The third kappa shape index (κ3) is 5.40. The maximum atomic E-state index is 13.9. The lowest BCUT2D eigenvalue weighted by Gasteiger charge is -2.32. The highest BCUT2D eigenvalue weighted by atomic mass is 19.1. The lowest BCUT2D eigenvalue weighted by Crippen LogP contribution is -2.39. The van der Waals surface area contributed by atoms with Crippen molar-refractivity contribution in [1.29, 1.82) is 0 Å². The quantitative estimate of drug-likeness (QED) is 0.681. The number of benzene rings is 1. The number of amides is 1. The van der Waals surface area contributed by atoms with E-state index in [-0.39, 0.29) is 11.7 Å². The van der Waals surface area contributed by atoms with Crippen LogP contribution in [0, 0.1) is 11.7 Å². The second kappa shape index (κ2) is 10.1. The van der Waals surface area contributed by atoms with E-state index in [1.165, 1.54) is 6.07 Å². The number of halogens is 1. The Labute approximate surface area is 176 Å². The van der Waals surface area contributed by atoms with Crippen molar-refractivity contribution in [1.82, 2.24) is 30.0 Å². The Balaban J connectivity index is 1.22. The zero-order chi connectivity index (χ0) is 20.8. The Kier molecular flexibility index (Phi) is 7.01. The first-order chi connectivity index (χ1) is 14.7. The number of aromatic nitrogens is 4. The molecule has 0 N–H and O–H groups in total. The minimum atomic E-state index is -0.134. The molecule has 2 aromatic rings. The van der Waals surface area contributed by atoms with Crippen molar-refractivity contribution in [2.24, 2.45) is 5.92 Å². The molecule has 8 nitrogen and oxygen atoms in total. The van der Waals surface area contributed by atoms with Crippen molar-refractivity contribution in [3.63, 3.8) is 0 Å². The summed E-state index contributed by atoms with van der Waals surface area (Å²) in [7, 11) is 0. The number of hydrogen-bond donors (Lipinski definition) is 0. The fraction of sp³-hybridized carbons (Fsp3) is 0.619. The number of aryl methyl sites for hydroxylation is 1. The Morgan fingerprint density at radius 2 is 1.90 bits per heavy atom. The van der Waals surface area contributed by atoms with E-state index < -0.39 is 0 Å². The van der Waals surface area contributed by atoms with Gasteiger partial charge in [0.05, 0.1) is 26.3 Å². The first-order valence-corrected chi connectivity index (χ1v) is 10.8. The molecule has 162 valence electrons. The standard InChI is InChI=1S/C21H29FN6O2/c22-19-4-2-1-3-18(19)15-17-5-8-27(9-6-17)21(29)7-10-28-20(23-24-25-28)16-26-11-13-30-14-12-26/h1-4,17H,5-16H2. The van der Waals surface area contributed by atoms with Gasteiger partial charge in [-0.25, -0.2) is 9.07 Å². The molecular formula is C21H29FN6O2. The predicted molar refractivity (Wildman–Crippen MR) is 108 cm³/mol. The molecule has 4 rings (SSSR count). The van der Waals surface area contributed by atoms with E-state index in [9.17, 15) is 9.18 Å². The highest BCUT2D eigenvalue weighted by Crippen LogP contribution is 2.23. The highest BCUT2D eigenvalue weighted by molar-refractivity contribution is 5.76. The van der Waals surface area contributed by atoms with Gasteiger partial charge < -0.3 is 9.64 Å². The number of nitrogens with zero attached hydrogens (tertiary/aromatic N) is 6. The first kappa shape index (κ1) is 20.9. The number of carbonyl (C=O) groups excluding carboxylic acids is 1. The average molecular weight is 417 g/mol. The maximum Gasteiger partial charge on any atom is 0.224 e. The zero-order valence-corrected chi connectivity index (χ0v) is 17.2. The summed E-state index contributed by atoms with van der Waals surface area (Å²) in [5, 5.41) is 12.0. The van der Waals surface area contributed by atoms with Gasteiger partial charge in [0.15, 0.2) is 5.82 Å². The van der Waals surface area contributed by atoms with Crippen LogP contribution in [0.4, 0.5) is 4.39 Å². The Morgan fingerprint density at radius 3 is 2.67 bits per heavy atom. The third-order valence-corrected chi connectivity index (χ3v) is 6.05. The smallest absolute Gasteiger partial charge is 0.224 e. The van der Waals surface area contributed by atoms with E-state index in [1.54, 1.807) is 10.7 Å². The van der Waals surface area contributed by atoms with Crippen molar-refractivity contribution in [2.75, 3.05) is 39.4 Å². The minimum Gasteiger partial charge on any atom is -0.379 e. The second-order valence-corrected chi connectivity index (χ2v) is 8.08. The van der Waals surface area contributed by atoms with Crippen LogP contribution in [0.3, 0.4) is 0 Å². The summed E-state index contributed by atoms with van der Waals surface area (Å²) in [6, 6.07) is 6.97. The fourth-order valence-electron chi connectivity index (χ4n) is 4.19. The van der Waals surface area contributed by atoms with Crippen LogP contribution >= 0.6 is 0 Å². The summed E-state index contributed by atoms with van der Waals surface area (Å²) >= 11 is 0. The molecule has 0 unspecified atom stereocenters. The van der Waals surface area contributed by atoms with Gasteiger partial charge in [0, 0.05) is 32.6 Å². The van der Waals surface area contributed by atoms with Crippen LogP contribution in [-0.2, 0) is 29.0 Å². The van der Waals surface area contributed by atoms with Crippen LogP contribution in [0.5, 0.6) is 0 Å². The van der Waals surface area contributed by atoms with E-state index >= 15 is 0 Å². The van der Waals surface area contributed by atoms with Crippen LogP contribution in [-0.4, -0.2) is 75.3 Å². The summed E-state index contributed by atoms with van der Waals surface area (Å²) in [5.74, 6) is 1.20. The lowest BCUT2D eigenvalue weighted by molar-refractivity contribution is -0.132. The molecule has 2 aliphatic rings. The molecule has 0 atom stereocenters. The number of hydrogen-bond acceptors (Lipinski definition) is 6. The molecule has 2 aliphatic heterocycles. The molecule has 0 radical (unpaired) electrons. The maximum absolute atomic E-state index is 13.9. The van der Waals surface area contributed by atoms with Crippen molar-refractivity contribution >= 4 is 5.91 Å². The SMILES string of the molecule is O=C(CCn1nnnc1CN1CCOCC1)N1CCC(Cc2ccccc2F)CC1. The van der Waals surface area contributed by atoms with E-state index in [0.29, 0.717) is 25.4 Å². The predicted octanol–water partition coefficient (Wildman–Crippen LogP) is 1.52. The largest absolute Gasteiger partial charge is 0.379 e. The van der Waals surface area contributed by atoms with E-state index in [2.05, 4.69) is 20.4 Å². The molecule has 1 aromatic carbocycles. The number of carbonyl (C=O) groups is 1. The molecule has 0 aliphatic carbocycles. The molecule has 3 heterocycles. The third-order valence-electron chi connectivity index (χ3n) is 6.05. The second-order valence-electron chi connectivity index (χ2n) is 8.08. The number of tetrazole rings is 1. The Hall–Kier alpha value is -2.39. The molecule has 2 saturated heterocycles. The lowest BCUT2D eigenvalue weighted by atomic mass is 9.90. The Morgan fingerprint density at radius 1 is 1.13 bits per heavy atom. The normalized spacial score (nSPS) is 18.6. The summed E-state index contributed by atoms with van der Waals surface area (Å²) in [6.07, 6.45) is 2.95. The first-order valence-electron chi connectivity index (χ1n) is 10.8. The number of likely N-dealkylation sites (tertiary alicyclic amines) is 1. The van der Waals surface area contributed by atoms with Gasteiger partial charge in [-0.05, 0) is 47.2 Å². The van der Waals surface area contributed by atoms with Gasteiger partial charge in [-0.15, -0.1) is 5.10 Å². The molecule has 0 spiro atoms. The number of rotatable bonds is 7. The highest BCUT2D eigenvalue weighted by Gasteiger charge is 2.24. The topological polar surface area (TPSA) is 76.4 Å². The zero-order valence-electron chi connectivity index (χ0n) is 17.2. The molecule has 0 bridgehead atoms. The van der Waals surface area contributed by atoms with Crippen LogP contribution in [0.2, 0.25) is 0 Å². The molecular weight excluding hydrogens is 387 g/mol. The van der Waals surface area contributed by atoms with Crippen molar-refractivity contribution in [3.05, 3.63) is 41.5 Å². The van der Waals surface area contributed by atoms with Crippen molar-refractivity contribution < 1.29 is 13.9 Å². The fourth-order valence-corrected chi connectivity index (χ4v) is 4.19. The van der Waals surface area contributed by atoms with Crippen LogP contribution in [0.1, 0.15) is 30.7 Å². The Bertz CT molecular complexity index is 830. The molecule has 9 heteroatoms. The van der Waals surface area contributed by atoms with Gasteiger partial charge in [0.25, 0.3) is 0 Å². The van der Waals surface area contributed by atoms with Gasteiger partial charge >= 0.3 is 0 Å². The van der Waals surface area contributed by atoms with Crippen LogP contribution < -0.4 is 0 Å². The van der Waals surface area contributed by atoms with Crippen LogP contribution in [0.15, 0.2) is 24.3 Å². The summed E-state index contributed by atoms with van der Waals surface area (Å²) in [6.45, 7) is 5.82. The van der Waals surface area contributed by atoms with Gasteiger partial charge in [0.1, 0.15) is 5.82 Å². The monoisotopic (exact) mass is 416 g/mol. The van der Waals surface area contributed by atoms with Gasteiger partial charge in [0.2, 0.25) is 5.91 Å². The number of ether oxygens (including phenoxy) is 1. The van der Waals surface area contributed by atoms with E-state index in [4.69, 9.17) is 4.74 Å². The number of piperidine rings is 1. The van der Waals surface area contributed by atoms with E-state index in [1.807, 2.05) is 17.0 Å². The van der Waals surface area contributed by atoms with Crippen LogP contribution in [0.25, 0.3) is 0 Å². The molecule has 0 saturated carbocycles. The van der Waals surface area contributed by atoms with Crippen molar-refractivity contribution in [3.8, 4) is 0 Å². The molecule has 30 heavy (non-hydrogen) atoms. The molecule has 1 aromatic heterocycles. The van der Waals surface area contributed by atoms with Gasteiger partial charge in [-0.1, -0.05) is 18.2 Å². The summed E-state index contributed by atoms with van der Waals surface area (Å²) in [4.78, 5) is 16.8. The molecule has 2 fully saturated rings. The minimum absolute atomic E-state index is 0.132. The summed E-state index contributed by atoms with van der Waals surface area (Å²) in [5.41, 5.74) is 0.772. The van der Waals surface area contributed by atoms with Gasteiger partial charge in [-0.2, -0.15) is 0 Å².